The minimum absolute atomic E-state index is 0.575. The third-order valence-electron chi connectivity index (χ3n) is 1.82. The van der Waals surface area contributed by atoms with Crippen LogP contribution in [0.3, 0.4) is 0 Å². The van der Waals surface area contributed by atoms with Crippen LogP contribution in [-0.4, -0.2) is 9.97 Å². The summed E-state index contributed by atoms with van der Waals surface area (Å²) >= 11 is 0. The summed E-state index contributed by atoms with van der Waals surface area (Å²) in [4.78, 5) is 8.45. The average molecular weight is 174 g/mol. The van der Waals surface area contributed by atoms with Crippen molar-refractivity contribution in [2.45, 2.75) is 6.92 Å². The number of hydrogen-bond donors (Lipinski definition) is 2. The Morgan fingerprint density at radius 1 is 1.23 bits per heavy atom. The Kier molecular flexibility index (Phi) is 1.55. The van der Waals surface area contributed by atoms with Crippen LogP contribution in [0.15, 0.2) is 18.3 Å². The highest BCUT2D eigenvalue weighted by Gasteiger charge is 2.02. The Bertz CT molecular complexity index is 464. The van der Waals surface area contributed by atoms with Crippen LogP contribution >= 0.6 is 0 Å². The summed E-state index contributed by atoms with van der Waals surface area (Å²) in [7, 11) is 0. The minimum atomic E-state index is 0.575. The third kappa shape index (κ3) is 1.26. The van der Waals surface area contributed by atoms with Gasteiger partial charge in [-0.3, -0.25) is 4.98 Å². The van der Waals surface area contributed by atoms with Gasteiger partial charge in [0.25, 0.3) is 0 Å². The molecular weight excluding hydrogens is 164 g/mol. The maximum Gasteiger partial charge on any atom is 0.112 e. The van der Waals surface area contributed by atoms with Crippen LogP contribution in [0, 0.1) is 6.92 Å². The van der Waals surface area contributed by atoms with E-state index in [4.69, 9.17) is 11.5 Å². The summed E-state index contributed by atoms with van der Waals surface area (Å²) in [6.45, 7) is 1.88. The Labute approximate surface area is 75.6 Å². The molecule has 0 spiro atoms. The SMILES string of the molecule is Cc1cnc2cc(N)cc(N)c2n1. The standard InChI is InChI=1S/C9H10N4/c1-5-4-12-8-3-6(10)2-7(11)9(8)13-5/h2-4H,10-11H2,1H3. The fourth-order valence-corrected chi connectivity index (χ4v) is 1.25. The van der Waals surface area contributed by atoms with Crippen LogP contribution < -0.4 is 11.5 Å². The zero-order chi connectivity index (χ0) is 9.42. The third-order valence-corrected chi connectivity index (χ3v) is 1.82. The lowest BCUT2D eigenvalue weighted by atomic mass is 10.2. The molecule has 0 atom stereocenters. The van der Waals surface area contributed by atoms with Crippen molar-refractivity contribution in [1.82, 2.24) is 9.97 Å². The number of aryl methyl sites for hydroxylation is 1. The number of rotatable bonds is 0. The quantitative estimate of drug-likeness (QED) is 0.586. The van der Waals surface area contributed by atoms with E-state index in [9.17, 15) is 0 Å². The zero-order valence-electron chi connectivity index (χ0n) is 7.28. The Morgan fingerprint density at radius 3 is 2.77 bits per heavy atom. The van der Waals surface area contributed by atoms with Gasteiger partial charge in [-0.1, -0.05) is 0 Å². The highest BCUT2D eigenvalue weighted by atomic mass is 14.8. The normalized spacial score (nSPS) is 10.5. The van der Waals surface area contributed by atoms with E-state index in [2.05, 4.69) is 9.97 Å². The van der Waals surface area contributed by atoms with Gasteiger partial charge in [0.1, 0.15) is 5.52 Å². The molecule has 1 aromatic carbocycles. The molecule has 1 aromatic heterocycles. The molecule has 0 aliphatic carbocycles. The van der Waals surface area contributed by atoms with E-state index in [0.717, 1.165) is 11.2 Å². The summed E-state index contributed by atoms with van der Waals surface area (Å²) in [5.41, 5.74) is 14.9. The van der Waals surface area contributed by atoms with Crippen molar-refractivity contribution in [3.8, 4) is 0 Å². The van der Waals surface area contributed by atoms with E-state index >= 15 is 0 Å². The number of nitrogens with two attached hydrogens (primary N) is 2. The molecule has 0 fully saturated rings. The highest BCUT2D eigenvalue weighted by molar-refractivity contribution is 5.89. The number of hydrogen-bond acceptors (Lipinski definition) is 4. The first-order valence-electron chi connectivity index (χ1n) is 3.95. The minimum Gasteiger partial charge on any atom is -0.399 e. The van der Waals surface area contributed by atoms with Crippen LogP contribution in [0.4, 0.5) is 11.4 Å². The Balaban J connectivity index is 2.87. The number of benzene rings is 1. The smallest absolute Gasteiger partial charge is 0.112 e. The largest absolute Gasteiger partial charge is 0.399 e. The molecule has 4 nitrogen and oxygen atoms in total. The first kappa shape index (κ1) is 7.79. The predicted molar refractivity (Wildman–Crippen MR) is 53.1 cm³/mol. The molecule has 4 heteroatoms. The molecule has 2 aromatic rings. The number of fused-ring (bicyclic) bond motifs is 1. The van der Waals surface area contributed by atoms with Gasteiger partial charge in [-0.25, -0.2) is 4.98 Å². The summed E-state index contributed by atoms with van der Waals surface area (Å²) < 4.78 is 0. The van der Waals surface area contributed by atoms with E-state index in [0.29, 0.717) is 16.9 Å². The van der Waals surface area contributed by atoms with Crippen molar-refractivity contribution in [1.29, 1.82) is 0 Å². The molecule has 1 heterocycles. The summed E-state index contributed by atoms with van der Waals surface area (Å²) in [6.07, 6.45) is 1.70. The van der Waals surface area contributed by atoms with E-state index in [-0.39, 0.29) is 0 Å². The van der Waals surface area contributed by atoms with E-state index < -0.39 is 0 Å². The van der Waals surface area contributed by atoms with Crippen molar-refractivity contribution in [3.05, 3.63) is 24.0 Å². The van der Waals surface area contributed by atoms with Gasteiger partial charge in [0.05, 0.1) is 16.9 Å². The zero-order valence-corrected chi connectivity index (χ0v) is 7.28. The molecule has 66 valence electrons. The fourth-order valence-electron chi connectivity index (χ4n) is 1.25. The van der Waals surface area contributed by atoms with Crippen molar-refractivity contribution in [2.24, 2.45) is 0 Å². The van der Waals surface area contributed by atoms with Crippen LogP contribution in [0.25, 0.3) is 11.0 Å². The molecule has 0 aliphatic heterocycles. The lowest BCUT2D eigenvalue weighted by Gasteiger charge is -2.02. The molecule has 0 unspecified atom stereocenters. The van der Waals surface area contributed by atoms with Crippen molar-refractivity contribution in [3.63, 3.8) is 0 Å². The van der Waals surface area contributed by atoms with Gasteiger partial charge >= 0.3 is 0 Å². The maximum absolute atomic E-state index is 5.74. The maximum atomic E-state index is 5.74. The fraction of sp³-hybridized carbons (Fsp3) is 0.111. The number of anilines is 2. The molecule has 0 saturated heterocycles. The average Bonchev–Trinajstić information content (AvgIpc) is 2.06. The molecule has 0 saturated carbocycles. The molecule has 0 radical (unpaired) electrons. The van der Waals surface area contributed by atoms with E-state index in [1.165, 1.54) is 0 Å². The second-order valence-corrected chi connectivity index (χ2v) is 2.99. The molecule has 0 bridgehead atoms. The van der Waals surface area contributed by atoms with Gasteiger partial charge in [-0.05, 0) is 19.1 Å². The van der Waals surface area contributed by atoms with Crippen molar-refractivity contribution < 1.29 is 0 Å². The summed E-state index contributed by atoms with van der Waals surface area (Å²) in [5, 5.41) is 0. The van der Waals surface area contributed by atoms with Gasteiger partial charge < -0.3 is 11.5 Å². The molecule has 13 heavy (non-hydrogen) atoms. The monoisotopic (exact) mass is 174 g/mol. The second-order valence-electron chi connectivity index (χ2n) is 2.99. The number of nitrogen functional groups attached to an aromatic ring is 2. The lowest BCUT2D eigenvalue weighted by molar-refractivity contribution is 1.19. The second kappa shape index (κ2) is 2.58. The Hall–Kier alpha value is -1.84. The predicted octanol–water partition coefficient (Wildman–Crippen LogP) is 1.10. The molecule has 0 aliphatic rings. The van der Waals surface area contributed by atoms with Gasteiger partial charge in [-0.15, -0.1) is 0 Å². The van der Waals surface area contributed by atoms with Crippen LogP contribution in [0.5, 0.6) is 0 Å². The molecular formula is C9H10N4. The first-order valence-corrected chi connectivity index (χ1v) is 3.95. The highest BCUT2D eigenvalue weighted by Crippen LogP contribution is 2.20. The number of nitrogens with zero attached hydrogens (tertiary/aromatic N) is 2. The van der Waals surface area contributed by atoms with Crippen LogP contribution in [0.2, 0.25) is 0 Å². The van der Waals surface area contributed by atoms with Gasteiger partial charge in [0, 0.05) is 11.9 Å². The van der Waals surface area contributed by atoms with Gasteiger partial charge in [0.15, 0.2) is 0 Å². The summed E-state index contributed by atoms with van der Waals surface area (Å²) in [6, 6.07) is 3.45. The lowest BCUT2D eigenvalue weighted by Crippen LogP contribution is -1.96. The van der Waals surface area contributed by atoms with E-state index in [1.54, 1.807) is 18.3 Å². The molecule has 2 rings (SSSR count). The Morgan fingerprint density at radius 2 is 2.00 bits per heavy atom. The van der Waals surface area contributed by atoms with Crippen molar-refractivity contribution in [2.75, 3.05) is 11.5 Å². The topological polar surface area (TPSA) is 77.8 Å². The summed E-state index contributed by atoms with van der Waals surface area (Å²) in [5.74, 6) is 0. The van der Waals surface area contributed by atoms with Crippen molar-refractivity contribution >= 4 is 22.4 Å². The van der Waals surface area contributed by atoms with E-state index in [1.807, 2.05) is 6.92 Å². The first-order chi connectivity index (χ1) is 6.16. The van der Waals surface area contributed by atoms with Gasteiger partial charge in [0.2, 0.25) is 0 Å². The van der Waals surface area contributed by atoms with Gasteiger partial charge in [-0.2, -0.15) is 0 Å². The molecule has 0 amide bonds. The van der Waals surface area contributed by atoms with Crippen LogP contribution in [0.1, 0.15) is 5.69 Å². The number of aromatic nitrogens is 2. The molecule has 4 N–H and O–H groups in total. The van der Waals surface area contributed by atoms with Crippen LogP contribution in [-0.2, 0) is 0 Å².